The van der Waals surface area contributed by atoms with E-state index in [0.29, 0.717) is 29.9 Å². The largest absolute Gasteiger partial charge is 0.353 e. The fourth-order valence-electron chi connectivity index (χ4n) is 3.48. The lowest BCUT2D eigenvalue weighted by molar-refractivity contribution is 0.163. The Bertz CT molecular complexity index is 1380. The van der Waals surface area contributed by atoms with Crippen molar-refractivity contribution in [3.63, 3.8) is 0 Å². The quantitative estimate of drug-likeness (QED) is 0.150. The van der Waals surface area contributed by atoms with Gasteiger partial charge in [-0.25, -0.2) is 0 Å². The zero-order valence-corrected chi connectivity index (χ0v) is 26.9. The van der Waals surface area contributed by atoms with Crippen LogP contribution in [0.5, 0.6) is 0 Å². The Balaban J connectivity index is 1.82. The minimum Gasteiger partial charge on any atom is -0.353 e. The van der Waals surface area contributed by atoms with E-state index in [4.69, 9.17) is 97.6 Å². The average molecular weight is 699 g/mol. The van der Waals surface area contributed by atoms with Crippen molar-refractivity contribution >= 4 is 133 Å². The van der Waals surface area contributed by atoms with Crippen molar-refractivity contribution in [1.82, 2.24) is 0 Å². The van der Waals surface area contributed by atoms with Gasteiger partial charge in [-0.2, -0.15) is 0 Å². The topological polar surface area (TPSA) is 21.6 Å². The molecule has 0 N–H and O–H groups in total. The summed E-state index contributed by atoms with van der Waals surface area (Å²) in [4.78, 5) is 7.09. The second-order valence-corrected chi connectivity index (χ2v) is 15.1. The van der Waals surface area contributed by atoms with Crippen molar-refractivity contribution in [2.75, 3.05) is 0 Å². The maximum Gasteiger partial charge on any atom is 0.290 e. The normalized spacial score (nSPS) is 17.4. The minimum atomic E-state index is -1.17. The van der Waals surface area contributed by atoms with E-state index < -0.39 is 3.60 Å². The van der Waals surface area contributed by atoms with E-state index >= 15 is 0 Å². The number of hydrogen-bond donors (Lipinski definition) is 0. The van der Waals surface area contributed by atoms with Crippen molar-refractivity contribution < 1.29 is 4.84 Å². The Morgan fingerprint density at radius 2 is 1.22 bits per heavy atom. The van der Waals surface area contributed by atoms with Gasteiger partial charge < -0.3 is 4.84 Å². The Kier molecular flexibility index (Phi) is 9.45. The van der Waals surface area contributed by atoms with E-state index in [1.807, 2.05) is 20.8 Å². The number of hydrogen-bond acceptors (Lipinski definition) is 5. The van der Waals surface area contributed by atoms with E-state index in [1.165, 1.54) is 35.3 Å². The first-order valence-corrected chi connectivity index (χ1v) is 15.4. The highest BCUT2D eigenvalue weighted by Crippen LogP contribution is 2.62. The third-order valence-electron chi connectivity index (χ3n) is 4.96. The molecule has 1 heterocycles. The number of benzene rings is 3. The average Bonchev–Trinajstić information content (AvgIpc) is 3.20. The lowest BCUT2D eigenvalue weighted by Crippen LogP contribution is -2.15. The van der Waals surface area contributed by atoms with Crippen LogP contribution >= 0.6 is 128 Å². The molecule has 1 unspecified atom stereocenters. The van der Waals surface area contributed by atoms with E-state index in [-0.39, 0.29) is 25.1 Å². The number of nitrogens with zero attached hydrogens (tertiary/aromatic N) is 1. The molecule has 0 aromatic heterocycles. The number of thioether (sulfide) groups is 3. The molecule has 0 amide bonds. The lowest BCUT2D eigenvalue weighted by atomic mass is 10.0. The smallest absolute Gasteiger partial charge is 0.290 e. The van der Waals surface area contributed by atoms with Gasteiger partial charge in [0.1, 0.15) is 5.04 Å². The summed E-state index contributed by atoms with van der Waals surface area (Å²) in [6.45, 7) is 6.10. The maximum absolute atomic E-state index is 6.56. The zero-order chi connectivity index (χ0) is 26.5. The summed E-state index contributed by atoms with van der Waals surface area (Å²) in [5.41, 5.74) is 4.25. The van der Waals surface area contributed by atoms with Crippen LogP contribution < -0.4 is 0 Å². The van der Waals surface area contributed by atoms with Crippen LogP contribution in [0.1, 0.15) is 22.3 Å². The molecule has 0 radical (unpaired) electrons. The van der Waals surface area contributed by atoms with Gasteiger partial charge in [0, 0.05) is 10.5 Å². The number of halogens is 8. The fourth-order valence-corrected chi connectivity index (χ4v) is 9.90. The molecule has 1 aliphatic heterocycles. The minimum absolute atomic E-state index is 0.0646. The molecule has 0 bridgehead atoms. The molecule has 13 heteroatoms. The van der Waals surface area contributed by atoms with Crippen LogP contribution in [0.2, 0.25) is 40.2 Å². The van der Waals surface area contributed by atoms with Gasteiger partial charge in [0.15, 0.2) is 0 Å². The summed E-state index contributed by atoms with van der Waals surface area (Å²) >= 11 is 54.8. The Morgan fingerprint density at radius 1 is 0.694 bits per heavy atom. The van der Waals surface area contributed by atoms with Gasteiger partial charge in [-0.05, 0) is 67.6 Å². The first kappa shape index (κ1) is 29.5. The van der Waals surface area contributed by atoms with Crippen molar-refractivity contribution in [3.05, 3.63) is 86.7 Å². The standard InChI is InChI=1S/C23H13Cl8NOS3/c1-8-4-9(2)15(10(3)5-8)22-32-33-23(36-22,34-14-7-12(25)11(24)6-13(14)26)35-21-19(30)17(28)16(27)18(29)20(21)31/h4-7H,1-3H3. The molecule has 2 nitrogen and oxygen atoms in total. The summed E-state index contributed by atoms with van der Waals surface area (Å²) in [5.74, 6) is 0. The highest BCUT2D eigenvalue weighted by atomic mass is 35.5. The molecule has 3 aromatic carbocycles. The van der Waals surface area contributed by atoms with Crippen molar-refractivity contribution in [2.24, 2.45) is 5.16 Å². The van der Waals surface area contributed by atoms with E-state index in [9.17, 15) is 0 Å². The van der Waals surface area contributed by atoms with Crippen molar-refractivity contribution in [2.45, 2.75) is 34.2 Å². The third kappa shape index (κ3) is 5.83. The predicted octanol–water partition coefficient (Wildman–Crippen LogP) is 12.5. The highest BCUT2D eigenvalue weighted by molar-refractivity contribution is 8.38. The van der Waals surface area contributed by atoms with Crippen LogP contribution in [-0.2, 0) is 4.84 Å². The number of rotatable bonds is 5. The second kappa shape index (κ2) is 11.5. The number of oxime groups is 1. The van der Waals surface area contributed by atoms with Crippen LogP contribution in [0.25, 0.3) is 0 Å². The van der Waals surface area contributed by atoms with Gasteiger partial charge in [-0.15, -0.1) is 0 Å². The van der Waals surface area contributed by atoms with Gasteiger partial charge in [0.05, 0.1) is 45.1 Å². The predicted molar refractivity (Wildman–Crippen MR) is 163 cm³/mol. The molecule has 0 aliphatic carbocycles. The first-order chi connectivity index (χ1) is 16.8. The zero-order valence-electron chi connectivity index (χ0n) is 18.4. The third-order valence-corrected chi connectivity index (χ3v) is 12.7. The Morgan fingerprint density at radius 3 is 1.81 bits per heavy atom. The molecular formula is C23H13Cl8NOS3. The summed E-state index contributed by atoms with van der Waals surface area (Å²) in [6, 6.07) is 7.41. The number of aryl methyl sites for hydroxylation is 3. The molecule has 36 heavy (non-hydrogen) atoms. The van der Waals surface area contributed by atoms with E-state index in [0.717, 1.165) is 22.3 Å². The van der Waals surface area contributed by atoms with E-state index in [2.05, 4.69) is 17.3 Å². The molecule has 190 valence electrons. The molecule has 3 aromatic rings. The van der Waals surface area contributed by atoms with E-state index in [1.54, 1.807) is 12.1 Å². The summed E-state index contributed by atoms with van der Waals surface area (Å²) in [6.07, 6.45) is 0. The molecule has 0 saturated heterocycles. The fraction of sp³-hybridized carbons (Fsp3) is 0.174. The van der Waals surface area contributed by atoms with Crippen molar-refractivity contribution in [1.29, 1.82) is 0 Å². The Hall–Kier alpha value is 0.500. The summed E-state index contributed by atoms with van der Waals surface area (Å²) in [5, 5.41) is 6.70. The molecular weight excluding hydrogens is 686 g/mol. The van der Waals surface area contributed by atoms with Crippen LogP contribution in [0, 0.1) is 20.8 Å². The van der Waals surface area contributed by atoms with Gasteiger partial charge in [0.25, 0.3) is 3.60 Å². The molecule has 1 atom stereocenters. The second-order valence-electron chi connectivity index (χ2n) is 7.66. The molecule has 0 saturated carbocycles. The summed E-state index contributed by atoms with van der Waals surface area (Å²) in [7, 11) is 0. The van der Waals surface area contributed by atoms with Crippen LogP contribution in [0.3, 0.4) is 0 Å². The van der Waals surface area contributed by atoms with Gasteiger partial charge in [0.2, 0.25) is 0 Å². The van der Waals surface area contributed by atoms with Gasteiger partial charge in [-0.1, -0.05) is 127 Å². The van der Waals surface area contributed by atoms with Crippen LogP contribution in [0.15, 0.2) is 39.2 Å². The maximum atomic E-state index is 6.56. The van der Waals surface area contributed by atoms with Crippen LogP contribution in [0.4, 0.5) is 0 Å². The highest BCUT2D eigenvalue weighted by Gasteiger charge is 2.46. The SMILES string of the molecule is Cc1cc(C)c(C2=NOC(Sc3cc(Cl)c(Cl)cc3Cl)(Sc3c(Cl)c(Cl)c(Cl)c(Cl)c3Cl)S2)c(C)c1. The van der Waals surface area contributed by atoms with Gasteiger partial charge >= 0.3 is 0 Å². The molecule has 0 spiro atoms. The monoisotopic (exact) mass is 695 g/mol. The molecule has 1 aliphatic rings. The molecule has 0 fully saturated rings. The van der Waals surface area contributed by atoms with Crippen LogP contribution in [-0.4, -0.2) is 8.64 Å². The summed E-state index contributed by atoms with van der Waals surface area (Å²) < 4.78 is -1.17. The van der Waals surface area contributed by atoms with Gasteiger partial charge in [-0.3, -0.25) is 0 Å². The first-order valence-electron chi connectivity index (χ1n) is 9.91. The Labute approximate surface area is 261 Å². The van der Waals surface area contributed by atoms with Crippen molar-refractivity contribution in [3.8, 4) is 0 Å². The lowest BCUT2D eigenvalue weighted by Gasteiger charge is -2.26. The molecule has 4 rings (SSSR count).